The lowest BCUT2D eigenvalue weighted by Crippen LogP contribution is -1.98. The molecule has 0 saturated carbocycles. The van der Waals surface area contributed by atoms with Gasteiger partial charge in [-0.15, -0.1) is 0 Å². The van der Waals surface area contributed by atoms with Crippen molar-refractivity contribution < 1.29 is 0 Å². The highest BCUT2D eigenvalue weighted by atomic mass is 127. The Kier molecular flexibility index (Phi) is 2.58. The number of nitrogen functional groups attached to an aromatic ring is 1. The van der Waals surface area contributed by atoms with E-state index >= 15 is 0 Å². The first-order valence-corrected chi connectivity index (χ1v) is 5.03. The molecular formula is C9H7IN4. The van der Waals surface area contributed by atoms with Crippen LogP contribution in [-0.2, 0) is 0 Å². The van der Waals surface area contributed by atoms with Gasteiger partial charge < -0.3 is 5.73 Å². The Labute approximate surface area is 94.7 Å². The van der Waals surface area contributed by atoms with Crippen LogP contribution in [0.3, 0.4) is 0 Å². The second-order valence-electron chi connectivity index (χ2n) is 2.66. The van der Waals surface area contributed by atoms with E-state index in [0.29, 0.717) is 11.6 Å². The first-order chi connectivity index (χ1) is 6.77. The Hall–Kier alpha value is -1.24. The fraction of sp³-hybridized carbons (Fsp3) is 0. The van der Waals surface area contributed by atoms with Crippen LogP contribution in [0.15, 0.2) is 30.7 Å². The van der Waals surface area contributed by atoms with E-state index in [2.05, 4.69) is 37.5 Å². The summed E-state index contributed by atoms with van der Waals surface area (Å²) < 4.78 is 0.861. The summed E-state index contributed by atoms with van der Waals surface area (Å²) in [5, 5.41) is 0. The van der Waals surface area contributed by atoms with Gasteiger partial charge in [0.15, 0.2) is 5.82 Å². The number of nitrogens with zero attached hydrogens (tertiary/aromatic N) is 3. The van der Waals surface area contributed by atoms with Crippen molar-refractivity contribution in [1.82, 2.24) is 15.0 Å². The van der Waals surface area contributed by atoms with Crippen LogP contribution in [0.25, 0.3) is 11.4 Å². The van der Waals surface area contributed by atoms with Gasteiger partial charge >= 0.3 is 0 Å². The molecule has 5 heteroatoms. The molecule has 0 aliphatic heterocycles. The Morgan fingerprint density at radius 2 is 1.93 bits per heavy atom. The quantitative estimate of drug-likeness (QED) is 0.814. The minimum atomic E-state index is 0.507. The highest BCUT2D eigenvalue weighted by Gasteiger charge is 2.03. The van der Waals surface area contributed by atoms with Crippen molar-refractivity contribution in [2.45, 2.75) is 0 Å². The van der Waals surface area contributed by atoms with Gasteiger partial charge in [-0.3, -0.25) is 4.98 Å². The molecule has 2 N–H and O–H groups in total. The smallest absolute Gasteiger partial charge is 0.161 e. The van der Waals surface area contributed by atoms with Crippen LogP contribution >= 0.6 is 22.6 Å². The van der Waals surface area contributed by atoms with Crippen LogP contribution in [0, 0.1) is 3.57 Å². The zero-order valence-corrected chi connectivity index (χ0v) is 9.34. The van der Waals surface area contributed by atoms with E-state index in [9.17, 15) is 0 Å². The first-order valence-electron chi connectivity index (χ1n) is 3.96. The second-order valence-corrected chi connectivity index (χ2v) is 3.82. The lowest BCUT2D eigenvalue weighted by molar-refractivity contribution is 1.16. The number of hydrogen-bond donors (Lipinski definition) is 1. The van der Waals surface area contributed by atoms with Crippen LogP contribution in [0.5, 0.6) is 0 Å². The summed E-state index contributed by atoms with van der Waals surface area (Å²) in [4.78, 5) is 12.3. The third-order valence-electron chi connectivity index (χ3n) is 1.71. The summed E-state index contributed by atoms with van der Waals surface area (Å²) in [6.45, 7) is 0. The average Bonchev–Trinajstić information content (AvgIpc) is 2.23. The maximum absolute atomic E-state index is 5.68. The van der Waals surface area contributed by atoms with E-state index in [1.165, 1.54) is 0 Å². The number of pyridine rings is 1. The third-order valence-corrected chi connectivity index (χ3v) is 2.54. The van der Waals surface area contributed by atoms with E-state index in [-0.39, 0.29) is 0 Å². The van der Waals surface area contributed by atoms with Crippen LogP contribution in [0.4, 0.5) is 5.82 Å². The molecule has 4 nitrogen and oxygen atoms in total. The van der Waals surface area contributed by atoms with E-state index in [4.69, 9.17) is 5.73 Å². The molecule has 2 aromatic rings. The SMILES string of the molecule is Nc1nc(-c2ccncc2)ncc1I. The predicted octanol–water partition coefficient (Wildman–Crippen LogP) is 1.73. The fourth-order valence-electron chi connectivity index (χ4n) is 1.02. The number of anilines is 1. The molecule has 0 spiro atoms. The Morgan fingerprint density at radius 1 is 1.21 bits per heavy atom. The van der Waals surface area contributed by atoms with E-state index in [1.807, 2.05) is 12.1 Å². The molecule has 2 heterocycles. The van der Waals surface area contributed by atoms with Gasteiger partial charge in [0, 0.05) is 24.2 Å². The normalized spacial score (nSPS) is 10.1. The van der Waals surface area contributed by atoms with Gasteiger partial charge in [-0.2, -0.15) is 0 Å². The standard InChI is InChI=1S/C9H7IN4/c10-7-5-13-9(14-8(7)11)6-1-3-12-4-2-6/h1-5H,(H2,11,13,14). The third kappa shape index (κ3) is 1.82. The molecule has 0 aliphatic carbocycles. The van der Waals surface area contributed by atoms with Gasteiger partial charge in [0.1, 0.15) is 5.82 Å². The maximum atomic E-state index is 5.68. The molecule has 70 valence electrons. The molecule has 14 heavy (non-hydrogen) atoms. The van der Waals surface area contributed by atoms with Crippen molar-refractivity contribution in [3.05, 3.63) is 34.3 Å². The largest absolute Gasteiger partial charge is 0.383 e. The fourth-order valence-corrected chi connectivity index (χ4v) is 1.28. The van der Waals surface area contributed by atoms with Crippen molar-refractivity contribution in [2.75, 3.05) is 5.73 Å². The number of hydrogen-bond acceptors (Lipinski definition) is 4. The summed E-state index contributed by atoms with van der Waals surface area (Å²) in [6.07, 6.45) is 5.11. The lowest BCUT2D eigenvalue weighted by Gasteiger charge is -2.01. The zero-order valence-electron chi connectivity index (χ0n) is 7.18. The van der Waals surface area contributed by atoms with Gasteiger partial charge in [0.25, 0.3) is 0 Å². The lowest BCUT2D eigenvalue weighted by atomic mass is 10.2. The van der Waals surface area contributed by atoms with Gasteiger partial charge in [-0.1, -0.05) is 0 Å². The maximum Gasteiger partial charge on any atom is 0.161 e. The molecule has 0 atom stereocenters. The van der Waals surface area contributed by atoms with Crippen LogP contribution in [0.1, 0.15) is 0 Å². The van der Waals surface area contributed by atoms with Crippen LogP contribution in [0.2, 0.25) is 0 Å². The molecule has 0 amide bonds. The van der Waals surface area contributed by atoms with Gasteiger partial charge in [-0.05, 0) is 34.7 Å². The Morgan fingerprint density at radius 3 is 2.57 bits per heavy atom. The number of aromatic nitrogens is 3. The molecule has 0 saturated heterocycles. The molecule has 0 bridgehead atoms. The Balaban J connectivity index is 2.48. The Bertz CT molecular complexity index is 444. The number of halogens is 1. The van der Waals surface area contributed by atoms with E-state index in [0.717, 1.165) is 9.13 Å². The minimum absolute atomic E-state index is 0.507. The van der Waals surface area contributed by atoms with Crippen molar-refractivity contribution in [3.63, 3.8) is 0 Å². The van der Waals surface area contributed by atoms with Crippen LogP contribution in [-0.4, -0.2) is 15.0 Å². The molecular weight excluding hydrogens is 291 g/mol. The average molecular weight is 298 g/mol. The van der Waals surface area contributed by atoms with Crippen LogP contribution < -0.4 is 5.73 Å². The minimum Gasteiger partial charge on any atom is -0.383 e. The molecule has 0 radical (unpaired) electrons. The monoisotopic (exact) mass is 298 g/mol. The van der Waals surface area contributed by atoms with Crippen molar-refractivity contribution in [1.29, 1.82) is 0 Å². The summed E-state index contributed by atoms with van der Waals surface area (Å²) in [5.41, 5.74) is 6.60. The number of rotatable bonds is 1. The predicted molar refractivity (Wildman–Crippen MR) is 62.4 cm³/mol. The van der Waals surface area contributed by atoms with Crippen molar-refractivity contribution in [3.8, 4) is 11.4 Å². The topological polar surface area (TPSA) is 64.7 Å². The van der Waals surface area contributed by atoms with Crippen molar-refractivity contribution in [2.24, 2.45) is 0 Å². The molecule has 0 fully saturated rings. The molecule has 0 aliphatic rings. The first kappa shape index (κ1) is 9.32. The van der Waals surface area contributed by atoms with Gasteiger partial charge in [-0.25, -0.2) is 9.97 Å². The highest BCUT2D eigenvalue weighted by molar-refractivity contribution is 14.1. The second kappa shape index (κ2) is 3.87. The molecule has 0 aromatic carbocycles. The van der Waals surface area contributed by atoms with E-state index in [1.54, 1.807) is 18.6 Å². The summed E-state index contributed by atoms with van der Waals surface area (Å²) >= 11 is 2.10. The van der Waals surface area contributed by atoms with Gasteiger partial charge in [0.05, 0.1) is 3.57 Å². The van der Waals surface area contributed by atoms with E-state index < -0.39 is 0 Å². The summed E-state index contributed by atoms with van der Waals surface area (Å²) in [5.74, 6) is 1.14. The zero-order chi connectivity index (χ0) is 9.97. The molecule has 2 aromatic heterocycles. The summed E-state index contributed by atoms with van der Waals surface area (Å²) in [7, 11) is 0. The summed E-state index contributed by atoms with van der Waals surface area (Å²) in [6, 6.07) is 3.70. The van der Waals surface area contributed by atoms with Crippen molar-refractivity contribution >= 4 is 28.4 Å². The highest BCUT2D eigenvalue weighted by Crippen LogP contribution is 2.17. The molecule has 0 unspecified atom stereocenters. The molecule has 2 rings (SSSR count). The van der Waals surface area contributed by atoms with Gasteiger partial charge in [0.2, 0.25) is 0 Å². The number of nitrogens with two attached hydrogens (primary N) is 1.